The summed E-state index contributed by atoms with van der Waals surface area (Å²) in [4.78, 5) is 21.7. The summed E-state index contributed by atoms with van der Waals surface area (Å²) >= 11 is 0. The van der Waals surface area contributed by atoms with Gasteiger partial charge in [-0.05, 0) is 18.2 Å². The number of amides is 1. The average Bonchev–Trinajstić information content (AvgIpc) is 2.26. The van der Waals surface area contributed by atoms with Crippen LogP contribution in [-0.4, -0.2) is 35.7 Å². The number of methoxy groups -OCH3 is 1. The van der Waals surface area contributed by atoms with Crippen LogP contribution in [0.5, 0.6) is 11.5 Å². The van der Waals surface area contributed by atoms with Crippen LogP contribution in [0.4, 0.5) is 0 Å². The van der Waals surface area contributed by atoms with Gasteiger partial charge in [0.05, 0.1) is 12.7 Å². The molecule has 0 aromatic heterocycles. The molecule has 0 saturated heterocycles. The number of carboxylic acid groups (broad SMARTS) is 1. The molecule has 6 heteroatoms. The first-order valence-electron chi connectivity index (χ1n) is 4.41. The van der Waals surface area contributed by atoms with Crippen LogP contribution in [0.25, 0.3) is 0 Å². The molecular formula is C10H11NO5. The van der Waals surface area contributed by atoms with Crippen molar-refractivity contribution in [2.45, 2.75) is 0 Å². The fourth-order valence-corrected chi connectivity index (χ4v) is 1.08. The van der Waals surface area contributed by atoms with E-state index < -0.39 is 18.4 Å². The van der Waals surface area contributed by atoms with E-state index >= 15 is 0 Å². The summed E-state index contributed by atoms with van der Waals surface area (Å²) in [5.74, 6) is -1.66. The van der Waals surface area contributed by atoms with Crippen molar-refractivity contribution >= 4 is 11.9 Å². The summed E-state index contributed by atoms with van der Waals surface area (Å²) in [7, 11) is 1.42. The average molecular weight is 225 g/mol. The fourth-order valence-electron chi connectivity index (χ4n) is 1.08. The van der Waals surface area contributed by atoms with Crippen molar-refractivity contribution in [3.63, 3.8) is 0 Å². The minimum Gasteiger partial charge on any atom is -0.507 e. The Kier molecular flexibility index (Phi) is 3.71. The van der Waals surface area contributed by atoms with E-state index in [1.54, 1.807) is 0 Å². The van der Waals surface area contributed by atoms with Crippen molar-refractivity contribution in [2.75, 3.05) is 13.7 Å². The standard InChI is InChI=1S/C10H11NO5/c1-16-6-2-3-8(12)7(4-6)10(15)11-5-9(13)14/h2-4,12H,5H2,1H3,(H,11,15)(H,13,14). The summed E-state index contributed by atoms with van der Waals surface area (Å²) in [5, 5.41) is 19.9. The predicted octanol–water partition coefficient (Wildman–Crippen LogP) is 0.215. The molecule has 6 nitrogen and oxygen atoms in total. The fraction of sp³-hybridized carbons (Fsp3) is 0.200. The van der Waals surface area contributed by atoms with Crippen molar-refractivity contribution in [3.05, 3.63) is 23.8 Å². The SMILES string of the molecule is COc1ccc(O)c(C(=O)NCC(=O)O)c1. The van der Waals surface area contributed by atoms with Crippen molar-refractivity contribution < 1.29 is 24.5 Å². The lowest BCUT2D eigenvalue weighted by Crippen LogP contribution is -2.29. The number of hydrogen-bond donors (Lipinski definition) is 3. The van der Waals surface area contributed by atoms with Crippen LogP contribution in [0.3, 0.4) is 0 Å². The Bertz CT molecular complexity index is 416. The summed E-state index contributed by atoms with van der Waals surface area (Å²) in [6.07, 6.45) is 0. The number of benzene rings is 1. The lowest BCUT2D eigenvalue weighted by Gasteiger charge is -2.06. The van der Waals surface area contributed by atoms with Crippen LogP contribution in [0.1, 0.15) is 10.4 Å². The minimum atomic E-state index is -1.16. The van der Waals surface area contributed by atoms with E-state index in [0.717, 1.165) is 0 Å². The molecule has 1 aromatic rings. The molecule has 0 fully saturated rings. The highest BCUT2D eigenvalue weighted by Crippen LogP contribution is 2.22. The van der Waals surface area contributed by atoms with E-state index in [9.17, 15) is 14.7 Å². The molecule has 1 aromatic carbocycles. The van der Waals surface area contributed by atoms with Gasteiger partial charge in [0.15, 0.2) is 0 Å². The third-order valence-corrected chi connectivity index (χ3v) is 1.85. The second-order valence-corrected chi connectivity index (χ2v) is 2.96. The molecule has 0 spiro atoms. The Labute approximate surface area is 91.5 Å². The number of carbonyl (C=O) groups is 2. The predicted molar refractivity (Wildman–Crippen MR) is 54.6 cm³/mol. The van der Waals surface area contributed by atoms with E-state index in [4.69, 9.17) is 9.84 Å². The molecule has 0 atom stereocenters. The Morgan fingerprint density at radius 2 is 2.12 bits per heavy atom. The number of carbonyl (C=O) groups excluding carboxylic acids is 1. The third kappa shape index (κ3) is 2.88. The molecule has 0 heterocycles. The summed E-state index contributed by atoms with van der Waals surface area (Å²) < 4.78 is 4.88. The number of carboxylic acids is 1. The molecule has 0 bridgehead atoms. The van der Waals surface area contributed by atoms with Crippen molar-refractivity contribution in [1.82, 2.24) is 5.32 Å². The summed E-state index contributed by atoms with van der Waals surface area (Å²) in [5.41, 5.74) is -0.0272. The topological polar surface area (TPSA) is 95.9 Å². The second kappa shape index (κ2) is 5.01. The molecule has 86 valence electrons. The molecule has 0 aliphatic rings. The second-order valence-electron chi connectivity index (χ2n) is 2.96. The van der Waals surface area contributed by atoms with E-state index in [-0.39, 0.29) is 11.3 Å². The Balaban J connectivity index is 2.85. The van der Waals surface area contributed by atoms with Gasteiger partial charge in [0, 0.05) is 0 Å². The number of phenols is 1. The largest absolute Gasteiger partial charge is 0.507 e. The van der Waals surface area contributed by atoms with Gasteiger partial charge in [-0.1, -0.05) is 0 Å². The maximum absolute atomic E-state index is 11.4. The number of hydrogen-bond acceptors (Lipinski definition) is 4. The Morgan fingerprint density at radius 3 is 2.69 bits per heavy atom. The van der Waals surface area contributed by atoms with Gasteiger partial charge in [0.2, 0.25) is 0 Å². The Morgan fingerprint density at radius 1 is 1.44 bits per heavy atom. The van der Waals surface area contributed by atoms with E-state index in [0.29, 0.717) is 5.75 Å². The molecule has 0 unspecified atom stereocenters. The number of aliphatic carboxylic acids is 1. The van der Waals surface area contributed by atoms with Gasteiger partial charge in [0.25, 0.3) is 5.91 Å². The van der Waals surface area contributed by atoms with Gasteiger partial charge in [-0.2, -0.15) is 0 Å². The third-order valence-electron chi connectivity index (χ3n) is 1.85. The molecule has 0 radical (unpaired) electrons. The van der Waals surface area contributed by atoms with E-state index in [1.165, 1.54) is 25.3 Å². The normalized spacial score (nSPS) is 9.56. The molecule has 1 amide bonds. The zero-order valence-electron chi connectivity index (χ0n) is 8.56. The lowest BCUT2D eigenvalue weighted by molar-refractivity contribution is -0.135. The van der Waals surface area contributed by atoms with Crippen molar-refractivity contribution in [3.8, 4) is 11.5 Å². The maximum atomic E-state index is 11.4. The highest BCUT2D eigenvalue weighted by atomic mass is 16.5. The van der Waals surface area contributed by atoms with Crippen LogP contribution in [-0.2, 0) is 4.79 Å². The lowest BCUT2D eigenvalue weighted by atomic mass is 10.2. The minimum absolute atomic E-state index is 0.0272. The highest BCUT2D eigenvalue weighted by Gasteiger charge is 2.12. The van der Waals surface area contributed by atoms with Gasteiger partial charge < -0.3 is 20.3 Å². The molecule has 3 N–H and O–H groups in total. The zero-order chi connectivity index (χ0) is 12.1. The first-order valence-corrected chi connectivity index (χ1v) is 4.41. The van der Waals surface area contributed by atoms with Crippen LogP contribution in [0.15, 0.2) is 18.2 Å². The van der Waals surface area contributed by atoms with Crippen LogP contribution < -0.4 is 10.1 Å². The van der Waals surface area contributed by atoms with Crippen LogP contribution in [0.2, 0.25) is 0 Å². The monoisotopic (exact) mass is 225 g/mol. The van der Waals surface area contributed by atoms with Gasteiger partial charge >= 0.3 is 5.97 Å². The van der Waals surface area contributed by atoms with Gasteiger partial charge in [-0.25, -0.2) is 0 Å². The molecule has 0 aliphatic heterocycles. The van der Waals surface area contributed by atoms with Crippen LogP contribution >= 0.6 is 0 Å². The number of ether oxygens (including phenoxy) is 1. The summed E-state index contributed by atoms with van der Waals surface area (Å²) in [6.45, 7) is -0.504. The number of phenolic OH excluding ortho intramolecular Hbond substituents is 1. The first kappa shape index (κ1) is 11.8. The number of rotatable bonds is 4. The molecule has 1 rings (SSSR count). The van der Waals surface area contributed by atoms with Crippen molar-refractivity contribution in [1.29, 1.82) is 0 Å². The smallest absolute Gasteiger partial charge is 0.322 e. The van der Waals surface area contributed by atoms with Crippen molar-refractivity contribution in [2.24, 2.45) is 0 Å². The Hall–Kier alpha value is -2.24. The van der Waals surface area contributed by atoms with Gasteiger partial charge in [-0.15, -0.1) is 0 Å². The summed E-state index contributed by atoms with van der Waals surface area (Å²) in [6, 6.07) is 4.12. The van der Waals surface area contributed by atoms with Gasteiger partial charge in [-0.3, -0.25) is 9.59 Å². The van der Waals surface area contributed by atoms with Crippen LogP contribution in [0, 0.1) is 0 Å². The van der Waals surface area contributed by atoms with Gasteiger partial charge in [0.1, 0.15) is 18.0 Å². The first-order chi connectivity index (χ1) is 7.54. The number of aromatic hydroxyl groups is 1. The number of nitrogens with one attached hydrogen (secondary N) is 1. The molecule has 0 aliphatic carbocycles. The zero-order valence-corrected chi connectivity index (χ0v) is 8.56. The maximum Gasteiger partial charge on any atom is 0.322 e. The highest BCUT2D eigenvalue weighted by molar-refractivity contribution is 5.98. The van der Waals surface area contributed by atoms with E-state index in [1.807, 2.05) is 0 Å². The van der Waals surface area contributed by atoms with E-state index in [2.05, 4.69) is 5.32 Å². The molecule has 16 heavy (non-hydrogen) atoms. The molecule has 0 saturated carbocycles. The molecular weight excluding hydrogens is 214 g/mol. The quantitative estimate of drug-likeness (QED) is 0.681.